The third-order valence-electron chi connectivity index (χ3n) is 3.31. The van der Waals surface area contributed by atoms with Gasteiger partial charge in [-0.15, -0.1) is 0 Å². The van der Waals surface area contributed by atoms with E-state index in [9.17, 15) is 14.7 Å². The molecule has 1 aromatic heterocycles. The highest BCUT2D eigenvalue weighted by atomic mass is 16.3. The van der Waals surface area contributed by atoms with Crippen LogP contribution in [0.25, 0.3) is 0 Å². The number of nitrogens with one attached hydrogen (secondary N) is 1. The molecule has 2 rings (SSSR count). The highest BCUT2D eigenvalue weighted by Gasteiger charge is 2.20. The lowest BCUT2D eigenvalue weighted by molar-refractivity contribution is 0.0741. The lowest BCUT2D eigenvalue weighted by Crippen LogP contribution is -2.30. The molecule has 20 heavy (non-hydrogen) atoms. The Morgan fingerprint density at radius 2 is 2.00 bits per heavy atom. The first kappa shape index (κ1) is 13.9. The van der Waals surface area contributed by atoms with Crippen LogP contribution >= 0.6 is 0 Å². The molecule has 0 aliphatic rings. The molecule has 1 atom stereocenters. The lowest BCUT2D eigenvalue weighted by atomic mass is 10.1. The predicted molar refractivity (Wildman–Crippen MR) is 75.7 cm³/mol. The number of nitrogens with zero attached hydrogens (tertiary/aromatic N) is 1. The van der Waals surface area contributed by atoms with E-state index >= 15 is 0 Å². The second-order valence-corrected chi connectivity index (χ2v) is 4.59. The molecule has 104 valence electrons. The Morgan fingerprint density at radius 3 is 2.65 bits per heavy atom. The molecule has 0 aliphatic heterocycles. The first-order valence-electron chi connectivity index (χ1n) is 6.24. The van der Waals surface area contributed by atoms with Gasteiger partial charge >= 0.3 is 0 Å². The van der Waals surface area contributed by atoms with E-state index in [1.807, 2.05) is 6.92 Å². The fraction of sp³-hybridized carbons (Fsp3) is 0.200. The smallest absolute Gasteiger partial charge is 0.254 e. The van der Waals surface area contributed by atoms with Crippen molar-refractivity contribution in [2.24, 2.45) is 0 Å². The number of aromatic hydroxyl groups is 1. The highest BCUT2D eigenvalue weighted by molar-refractivity contribution is 5.94. The number of amides is 1. The summed E-state index contributed by atoms with van der Waals surface area (Å²) in [4.78, 5) is 27.5. The van der Waals surface area contributed by atoms with E-state index in [0.717, 1.165) is 0 Å². The van der Waals surface area contributed by atoms with Gasteiger partial charge < -0.3 is 15.0 Å². The number of aromatic amines is 1. The minimum atomic E-state index is -0.320. The van der Waals surface area contributed by atoms with Crippen molar-refractivity contribution in [2.75, 3.05) is 7.05 Å². The van der Waals surface area contributed by atoms with Crippen LogP contribution in [0.5, 0.6) is 5.75 Å². The maximum absolute atomic E-state index is 12.3. The van der Waals surface area contributed by atoms with Crippen molar-refractivity contribution in [2.45, 2.75) is 13.0 Å². The molecule has 1 unspecified atom stereocenters. The van der Waals surface area contributed by atoms with Crippen LogP contribution in [-0.4, -0.2) is 27.9 Å². The molecule has 5 heteroatoms. The van der Waals surface area contributed by atoms with Gasteiger partial charge in [0.1, 0.15) is 5.75 Å². The SMILES string of the molecule is CC(c1ccccc1O)N(C)C(=O)c1cc[nH]c(=O)c1. The fourth-order valence-electron chi connectivity index (χ4n) is 2.01. The number of hydrogen-bond acceptors (Lipinski definition) is 3. The number of H-pyrrole nitrogens is 1. The first-order chi connectivity index (χ1) is 9.50. The minimum absolute atomic E-state index is 0.144. The average molecular weight is 272 g/mol. The van der Waals surface area contributed by atoms with Gasteiger partial charge in [-0.2, -0.15) is 0 Å². The number of carbonyl (C=O) groups excluding carboxylic acids is 1. The monoisotopic (exact) mass is 272 g/mol. The normalized spacial score (nSPS) is 11.9. The van der Waals surface area contributed by atoms with Gasteiger partial charge in [0.2, 0.25) is 5.56 Å². The van der Waals surface area contributed by atoms with Crippen molar-refractivity contribution in [1.82, 2.24) is 9.88 Å². The Kier molecular flexibility index (Phi) is 3.89. The molecule has 0 aliphatic carbocycles. The summed E-state index contributed by atoms with van der Waals surface area (Å²) in [6, 6.07) is 9.39. The predicted octanol–water partition coefficient (Wildman–Crippen LogP) is 1.91. The summed E-state index contributed by atoms with van der Waals surface area (Å²) in [5.41, 5.74) is 0.658. The number of phenols is 1. The zero-order valence-corrected chi connectivity index (χ0v) is 11.3. The average Bonchev–Trinajstić information content (AvgIpc) is 2.45. The van der Waals surface area contributed by atoms with E-state index in [2.05, 4.69) is 4.98 Å². The van der Waals surface area contributed by atoms with E-state index in [-0.39, 0.29) is 23.3 Å². The number of aromatic nitrogens is 1. The Labute approximate surface area is 116 Å². The summed E-state index contributed by atoms with van der Waals surface area (Å²) >= 11 is 0. The van der Waals surface area contributed by atoms with Crippen molar-refractivity contribution >= 4 is 5.91 Å². The van der Waals surface area contributed by atoms with Crippen LogP contribution in [0, 0.1) is 0 Å². The Hall–Kier alpha value is -2.56. The van der Waals surface area contributed by atoms with Crippen LogP contribution in [0.15, 0.2) is 47.4 Å². The molecule has 0 radical (unpaired) electrons. The van der Waals surface area contributed by atoms with Crippen molar-refractivity contribution in [1.29, 1.82) is 0 Å². The van der Waals surface area contributed by atoms with Gasteiger partial charge in [0.05, 0.1) is 6.04 Å². The molecule has 2 N–H and O–H groups in total. The van der Waals surface area contributed by atoms with Crippen molar-refractivity contribution in [3.63, 3.8) is 0 Å². The van der Waals surface area contributed by atoms with Gasteiger partial charge in [-0.3, -0.25) is 9.59 Å². The Morgan fingerprint density at radius 1 is 1.30 bits per heavy atom. The summed E-state index contributed by atoms with van der Waals surface area (Å²) in [7, 11) is 1.64. The molecule has 0 bridgehead atoms. The zero-order chi connectivity index (χ0) is 14.7. The third kappa shape index (κ3) is 2.71. The minimum Gasteiger partial charge on any atom is -0.508 e. The van der Waals surface area contributed by atoms with Crippen LogP contribution in [0.4, 0.5) is 0 Å². The van der Waals surface area contributed by atoms with Crippen LogP contribution in [0.1, 0.15) is 28.9 Å². The van der Waals surface area contributed by atoms with E-state index < -0.39 is 0 Å². The Balaban J connectivity index is 2.27. The third-order valence-corrected chi connectivity index (χ3v) is 3.31. The van der Waals surface area contributed by atoms with Gasteiger partial charge in [-0.05, 0) is 19.1 Å². The second kappa shape index (κ2) is 5.61. The fourth-order valence-corrected chi connectivity index (χ4v) is 2.01. The summed E-state index contributed by atoms with van der Waals surface area (Å²) in [6.07, 6.45) is 1.44. The molecule has 0 saturated heterocycles. The van der Waals surface area contributed by atoms with Crippen molar-refractivity contribution in [3.8, 4) is 5.75 Å². The lowest BCUT2D eigenvalue weighted by Gasteiger charge is -2.25. The largest absolute Gasteiger partial charge is 0.508 e. The van der Waals surface area contributed by atoms with E-state index in [0.29, 0.717) is 11.1 Å². The second-order valence-electron chi connectivity index (χ2n) is 4.59. The summed E-state index contributed by atoms with van der Waals surface area (Å²) in [5.74, 6) is -0.127. The summed E-state index contributed by atoms with van der Waals surface area (Å²) in [6.45, 7) is 1.82. The van der Waals surface area contributed by atoms with Crippen LogP contribution in [0.3, 0.4) is 0 Å². The maximum Gasteiger partial charge on any atom is 0.254 e. The van der Waals surface area contributed by atoms with Gasteiger partial charge in [0, 0.05) is 30.4 Å². The van der Waals surface area contributed by atoms with Gasteiger partial charge in [-0.1, -0.05) is 18.2 Å². The summed E-state index contributed by atoms with van der Waals surface area (Å²) < 4.78 is 0. The van der Waals surface area contributed by atoms with E-state index in [4.69, 9.17) is 0 Å². The van der Waals surface area contributed by atoms with E-state index in [1.165, 1.54) is 17.2 Å². The number of pyridine rings is 1. The molecule has 2 aromatic rings. The van der Waals surface area contributed by atoms with Crippen molar-refractivity contribution < 1.29 is 9.90 Å². The number of benzene rings is 1. The number of carbonyl (C=O) groups is 1. The molecule has 0 fully saturated rings. The van der Waals surface area contributed by atoms with Crippen LogP contribution in [-0.2, 0) is 0 Å². The Bertz CT molecular complexity index is 679. The number of rotatable bonds is 3. The molecule has 0 saturated carbocycles. The van der Waals surface area contributed by atoms with Crippen molar-refractivity contribution in [3.05, 3.63) is 64.1 Å². The van der Waals surface area contributed by atoms with E-state index in [1.54, 1.807) is 37.4 Å². The van der Waals surface area contributed by atoms with Gasteiger partial charge in [0.25, 0.3) is 5.91 Å². The van der Waals surface area contributed by atoms with Crippen LogP contribution < -0.4 is 5.56 Å². The zero-order valence-electron chi connectivity index (χ0n) is 11.3. The number of para-hydroxylation sites is 1. The van der Waals surface area contributed by atoms with Crippen LogP contribution in [0.2, 0.25) is 0 Å². The molecule has 0 spiro atoms. The first-order valence-corrected chi connectivity index (χ1v) is 6.24. The topological polar surface area (TPSA) is 73.4 Å². The molecular formula is C15H16N2O3. The molecule has 1 heterocycles. The number of phenolic OH excluding ortho intramolecular Hbond substituents is 1. The highest BCUT2D eigenvalue weighted by Crippen LogP contribution is 2.27. The molecular weight excluding hydrogens is 256 g/mol. The quantitative estimate of drug-likeness (QED) is 0.896. The molecule has 1 amide bonds. The maximum atomic E-state index is 12.3. The van der Waals surface area contributed by atoms with Gasteiger partial charge in [-0.25, -0.2) is 0 Å². The molecule has 1 aromatic carbocycles. The number of hydrogen-bond donors (Lipinski definition) is 2. The summed E-state index contributed by atoms with van der Waals surface area (Å²) in [5, 5.41) is 9.83. The van der Waals surface area contributed by atoms with Gasteiger partial charge in [0.15, 0.2) is 0 Å². The molecule has 5 nitrogen and oxygen atoms in total. The standard InChI is InChI=1S/C15H16N2O3/c1-10(12-5-3-4-6-13(12)18)17(2)15(20)11-7-8-16-14(19)9-11/h3-10,18H,1-2H3,(H,16,19).